The summed E-state index contributed by atoms with van der Waals surface area (Å²) < 4.78 is 5.76. The summed E-state index contributed by atoms with van der Waals surface area (Å²) in [6.07, 6.45) is 0. The minimum Gasteiger partial charge on any atom is -0.486 e. The first kappa shape index (κ1) is 19.7. The zero-order valence-electron chi connectivity index (χ0n) is 16.2. The number of carbonyl (C=O) groups is 1. The smallest absolute Gasteiger partial charge is 0.253 e. The molecule has 3 aromatic rings. The number of benzene rings is 2. The van der Waals surface area contributed by atoms with Crippen molar-refractivity contribution in [2.24, 2.45) is 0 Å². The number of rotatable bonds is 5. The molecule has 1 amide bonds. The molecule has 2 aromatic carbocycles. The van der Waals surface area contributed by atoms with Crippen molar-refractivity contribution in [3.8, 4) is 5.75 Å². The van der Waals surface area contributed by atoms with Crippen molar-refractivity contribution in [2.45, 2.75) is 13.5 Å². The molecule has 1 aliphatic rings. The maximum Gasteiger partial charge on any atom is 0.253 e. The van der Waals surface area contributed by atoms with Crippen molar-refractivity contribution in [3.63, 3.8) is 0 Å². The number of amides is 1. The van der Waals surface area contributed by atoms with Crippen LogP contribution in [-0.4, -0.2) is 42.0 Å². The van der Waals surface area contributed by atoms with Gasteiger partial charge in [-0.25, -0.2) is 4.98 Å². The molecule has 5 nitrogen and oxygen atoms in total. The Morgan fingerprint density at radius 1 is 1.07 bits per heavy atom. The Bertz CT molecular complexity index is 964. The zero-order chi connectivity index (χ0) is 20.2. The minimum atomic E-state index is 0.0582. The fraction of sp³-hybridized carbons (Fsp3) is 0.273. The second kappa shape index (κ2) is 8.84. The molecule has 1 aliphatic heterocycles. The summed E-state index contributed by atoms with van der Waals surface area (Å²) in [6, 6.07) is 15.2. The summed E-state index contributed by atoms with van der Waals surface area (Å²) in [6.45, 7) is 5.42. The van der Waals surface area contributed by atoms with Gasteiger partial charge in [-0.1, -0.05) is 11.6 Å². The van der Waals surface area contributed by atoms with Crippen LogP contribution in [-0.2, 0) is 6.61 Å². The first-order chi connectivity index (χ1) is 14.1. The first-order valence-electron chi connectivity index (χ1n) is 9.52. The van der Waals surface area contributed by atoms with Gasteiger partial charge in [0.1, 0.15) is 17.4 Å². The number of halogens is 1. The summed E-state index contributed by atoms with van der Waals surface area (Å²) in [7, 11) is 0. The van der Waals surface area contributed by atoms with E-state index in [4.69, 9.17) is 16.3 Å². The molecule has 1 aromatic heterocycles. The Morgan fingerprint density at radius 2 is 1.76 bits per heavy atom. The van der Waals surface area contributed by atoms with Gasteiger partial charge in [-0.15, -0.1) is 11.3 Å². The molecule has 0 aliphatic carbocycles. The van der Waals surface area contributed by atoms with Crippen LogP contribution in [0.1, 0.15) is 21.1 Å². The van der Waals surface area contributed by atoms with Gasteiger partial charge in [0.15, 0.2) is 0 Å². The molecule has 4 rings (SSSR count). The Balaban J connectivity index is 1.31. The summed E-state index contributed by atoms with van der Waals surface area (Å²) in [4.78, 5) is 21.4. The van der Waals surface area contributed by atoms with Crippen LogP contribution >= 0.6 is 22.9 Å². The lowest BCUT2D eigenvalue weighted by molar-refractivity contribution is 0.0746. The minimum absolute atomic E-state index is 0.0582. The number of piperazine rings is 1. The van der Waals surface area contributed by atoms with E-state index in [-0.39, 0.29) is 5.91 Å². The molecule has 0 atom stereocenters. The third-order valence-electron chi connectivity index (χ3n) is 4.89. The molecular formula is C22H22ClN3O2S. The van der Waals surface area contributed by atoms with E-state index in [9.17, 15) is 4.79 Å². The van der Waals surface area contributed by atoms with Gasteiger partial charge in [-0.05, 0) is 55.5 Å². The molecule has 1 fully saturated rings. The lowest BCUT2D eigenvalue weighted by Crippen LogP contribution is -2.48. The SMILES string of the molecule is Cc1csc(COc2ccc(C(=O)N3CCN(c4ccc(Cl)cc4)CC3)cc2)n1. The predicted octanol–water partition coefficient (Wildman–Crippen LogP) is 4.65. The molecule has 0 unspecified atom stereocenters. The third kappa shape index (κ3) is 4.89. The maximum atomic E-state index is 12.8. The quantitative estimate of drug-likeness (QED) is 0.594. The number of aryl methyl sites for hydroxylation is 1. The number of hydrogen-bond donors (Lipinski definition) is 0. The van der Waals surface area contributed by atoms with E-state index in [0.717, 1.165) is 40.3 Å². The van der Waals surface area contributed by atoms with Gasteiger partial charge in [0.05, 0.1) is 0 Å². The standard InChI is InChI=1S/C22H22ClN3O2S/c1-16-15-29-21(24-16)14-28-20-8-2-17(3-9-20)22(27)26-12-10-25(11-13-26)19-6-4-18(23)5-7-19/h2-9,15H,10-14H2,1H3. The van der Waals surface area contributed by atoms with Crippen LogP contribution in [0.25, 0.3) is 0 Å². The maximum absolute atomic E-state index is 12.8. The van der Waals surface area contributed by atoms with Crippen LogP contribution in [0.15, 0.2) is 53.9 Å². The van der Waals surface area contributed by atoms with Crippen LogP contribution in [0, 0.1) is 6.92 Å². The van der Waals surface area contributed by atoms with Crippen molar-refractivity contribution in [1.82, 2.24) is 9.88 Å². The Morgan fingerprint density at radius 3 is 2.38 bits per heavy atom. The molecule has 0 bridgehead atoms. The van der Waals surface area contributed by atoms with Gasteiger partial charge in [-0.2, -0.15) is 0 Å². The van der Waals surface area contributed by atoms with Crippen LogP contribution in [0.4, 0.5) is 5.69 Å². The molecule has 29 heavy (non-hydrogen) atoms. The lowest BCUT2D eigenvalue weighted by atomic mass is 10.1. The number of aromatic nitrogens is 1. The van der Waals surface area contributed by atoms with Crippen molar-refractivity contribution in [2.75, 3.05) is 31.1 Å². The van der Waals surface area contributed by atoms with Gasteiger partial charge < -0.3 is 14.5 Å². The molecule has 0 N–H and O–H groups in total. The largest absolute Gasteiger partial charge is 0.486 e. The predicted molar refractivity (Wildman–Crippen MR) is 117 cm³/mol. The van der Waals surface area contributed by atoms with E-state index in [1.165, 1.54) is 0 Å². The third-order valence-corrected chi connectivity index (χ3v) is 6.08. The van der Waals surface area contributed by atoms with Crippen molar-refractivity contribution >= 4 is 34.5 Å². The van der Waals surface area contributed by atoms with Gasteiger partial charge in [0, 0.05) is 53.5 Å². The second-order valence-electron chi connectivity index (χ2n) is 6.95. The van der Waals surface area contributed by atoms with Crippen molar-refractivity contribution < 1.29 is 9.53 Å². The molecule has 0 radical (unpaired) electrons. The average molecular weight is 428 g/mol. The summed E-state index contributed by atoms with van der Waals surface area (Å²) >= 11 is 7.55. The van der Waals surface area contributed by atoms with Gasteiger partial charge in [0.2, 0.25) is 0 Å². The number of hydrogen-bond acceptors (Lipinski definition) is 5. The van der Waals surface area contributed by atoms with Crippen LogP contribution < -0.4 is 9.64 Å². The van der Waals surface area contributed by atoms with E-state index in [1.807, 2.05) is 65.7 Å². The molecular weight excluding hydrogens is 406 g/mol. The van der Waals surface area contributed by atoms with Crippen LogP contribution in [0.2, 0.25) is 5.02 Å². The molecule has 0 spiro atoms. The summed E-state index contributed by atoms with van der Waals surface area (Å²) in [5.74, 6) is 0.796. The van der Waals surface area contributed by atoms with E-state index in [2.05, 4.69) is 9.88 Å². The number of anilines is 1. The number of nitrogens with zero attached hydrogens (tertiary/aromatic N) is 3. The summed E-state index contributed by atoms with van der Waals surface area (Å²) in [5, 5.41) is 3.69. The summed E-state index contributed by atoms with van der Waals surface area (Å²) in [5.41, 5.74) is 2.83. The highest BCUT2D eigenvalue weighted by molar-refractivity contribution is 7.09. The normalized spacial score (nSPS) is 14.1. The van der Waals surface area contributed by atoms with E-state index in [1.54, 1.807) is 11.3 Å². The monoisotopic (exact) mass is 427 g/mol. The number of thiazole rings is 1. The van der Waals surface area contributed by atoms with Gasteiger partial charge in [-0.3, -0.25) is 4.79 Å². The van der Waals surface area contributed by atoms with E-state index < -0.39 is 0 Å². The van der Waals surface area contributed by atoms with Gasteiger partial charge >= 0.3 is 0 Å². The Hall–Kier alpha value is -2.57. The molecule has 2 heterocycles. The van der Waals surface area contributed by atoms with Gasteiger partial charge in [0.25, 0.3) is 5.91 Å². The average Bonchev–Trinajstić information content (AvgIpc) is 3.18. The van der Waals surface area contributed by atoms with Crippen molar-refractivity contribution in [3.05, 3.63) is 75.2 Å². The second-order valence-corrected chi connectivity index (χ2v) is 8.33. The fourth-order valence-corrected chi connectivity index (χ4v) is 4.12. The molecule has 0 saturated carbocycles. The molecule has 150 valence electrons. The Kier molecular flexibility index (Phi) is 6.02. The van der Waals surface area contributed by atoms with E-state index in [0.29, 0.717) is 25.3 Å². The van der Waals surface area contributed by atoms with E-state index >= 15 is 0 Å². The fourth-order valence-electron chi connectivity index (χ4n) is 3.31. The molecule has 1 saturated heterocycles. The number of ether oxygens (including phenoxy) is 1. The Labute approximate surface area is 179 Å². The topological polar surface area (TPSA) is 45.7 Å². The number of carbonyl (C=O) groups excluding carboxylic acids is 1. The molecule has 7 heteroatoms. The lowest BCUT2D eigenvalue weighted by Gasteiger charge is -2.36. The highest BCUT2D eigenvalue weighted by Crippen LogP contribution is 2.21. The highest BCUT2D eigenvalue weighted by Gasteiger charge is 2.22. The van der Waals surface area contributed by atoms with Crippen LogP contribution in [0.5, 0.6) is 5.75 Å². The first-order valence-corrected chi connectivity index (χ1v) is 10.8. The zero-order valence-corrected chi connectivity index (χ0v) is 17.7. The van der Waals surface area contributed by atoms with Crippen molar-refractivity contribution in [1.29, 1.82) is 0 Å². The van der Waals surface area contributed by atoms with Crippen LogP contribution in [0.3, 0.4) is 0 Å². The highest BCUT2D eigenvalue weighted by atomic mass is 35.5.